The molecule has 0 saturated heterocycles. The van der Waals surface area contributed by atoms with Gasteiger partial charge in [-0.3, -0.25) is 14.5 Å². The summed E-state index contributed by atoms with van der Waals surface area (Å²) in [4.78, 5) is 29.7. The van der Waals surface area contributed by atoms with Crippen molar-refractivity contribution in [3.05, 3.63) is 65.1 Å². The molecule has 0 aromatic heterocycles. The van der Waals surface area contributed by atoms with Gasteiger partial charge in [-0.2, -0.15) is 0 Å². The Bertz CT molecular complexity index is 899. The van der Waals surface area contributed by atoms with Gasteiger partial charge >= 0.3 is 0 Å². The second kappa shape index (κ2) is 8.23. The van der Waals surface area contributed by atoms with Crippen LogP contribution in [0.1, 0.15) is 37.7 Å². The number of thioether (sulfide) groups is 1. The summed E-state index contributed by atoms with van der Waals surface area (Å²) in [6, 6.07) is 17.1. The topological polar surface area (TPSA) is 46.6 Å². The van der Waals surface area contributed by atoms with Gasteiger partial charge in [-0.1, -0.05) is 61.4 Å². The molecule has 2 amide bonds. The second-order valence-corrected chi connectivity index (χ2v) is 8.20. The van der Waals surface area contributed by atoms with Crippen molar-refractivity contribution in [2.24, 2.45) is 0 Å². The number of methoxy groups -OCH3 is 1. The van der Waals surface area contributed by atoms with Crippen molar-refractivity contribution >= 4 is 29.1 Å². The third kappa shape index (κ3) is 3.59. The van der Waals surface area contributed by atoms with E-state index in [4.69, 9.17) is 4.74 Å². The molecule has 4 rings (SSSR count). The maximum absolute atomic E-state index is 13.4. The lowest BCUT2D eigenvalue weighted by Gasteiger charge is -2.29. The fourth-order valence-electron chi connectivity index (χ4n) is 3.91. The van der Waals surface area contributed by atoms with Crippen molar-refractivity contribution in [1.29, 1.82) is 0 Å². The van der Waals surface area contributed by atoms with Gasteiger partial charge < -0.3 is 4.74 Å². The molecular formula is C23H23NO3S. The van der Waals surface area contributed by atoms with Crippen LogP contribution < -0.4 is 4.74 Å². The third-order valence-electron chi connectivity index (χ3n) is 5.35. The molecule has 5 heteroatoms. The minimum atomic E-state index is -0.166. The number of carbonyl (C=O) groups excluding carboxylic acids is 2. The molecule has 1 aliphatic heterocycles. The first-order valence-electron chi connectivity index (χ1n) is 9.68. The first-order valence-corrected chi connectivity index (χ1v) is 10.5. The van der Waals surface area contributed by atoms with Crippen LogP contribution in [0.15, 0.2) is 64.4 Å². The van der Waals surface area contributed by atoms with Crippen molar-refractivity contribution < 1.29 is 14.3 Å². The number of hydrogen-bond donors (Lipinski definition) is 0. The first-order chi connectivity index (χ1) is 13.7. The Hall–Kier alpha value is -2.53. The van der Waals surface area contributed by atoms with Gasteiger partial charge in [-0.25, -0.2) is 0 Å². The average molecular weight is 394 g/mol. The van der Waals surface area contributed by atoms with Crippen LogP contribution in [0.3, 0.4) is 0 Å². The third-order valence-corrected chi connectivity index (χ3v) is 6.45. The summed E-state index contributed by atoms with van der Waals surface area (Å²) in [5.41, 5.74) is 1.27. The molecule has 0 bridgehead atoms. The summed E-state index contributed by atoms with van der Waals surface area (Å²) in [6.07, 6.45) is 5.12. The Kier molecular flexibility index (Phi) is 5.53. The summed E-state index contributed by atoms with van der Waals surface area (Å²) in [5.74, 6) is 0.402. The number of benzene rings is 2. The molecule has 0 spiro atoms. The van der Waals surface area contributed by atoms with Crippen molar-refractivity contribution in [2.75, 3.05) is 7.11 Å². The lowest BCUT2D eigenvalue weighted by Crippen LogP contribution is -2.42. The predicted octanol–water partition coefficient (Wildman–Crippen LogP) is 4.90. The largest absolute Gasteiger partial charge is 0.497 e. The van der Waals surface area contributed by atoms with Crippen LogP contribution in [0.2, 0.25) is 0 Å². The molecule has 4 nitrogen and oxygen atoms in total. The molecule has 1 saturated carbocycles. The minimum absolute atomic E-state index is 0.0101. The molecule has 0 unspecified atom stereocenters. The van der Waals surface area contributed by atoms with Gasteiger partial charge in [0.1, 0.15) is 5.75 Å². The Morgan fingerprint density at radius 2 is 1.57 bits per heavy atom. The first kappa shape index (κ1) is 18.8. The van der Waals surface area contributed by atoms with Crippen LogP contribution in [-0.2, 0) is 9.59 Å². The van der Waals surface area contributed by atoms with Crippen molar-refractivity contribution in [3.63, 3.8) is 0 Å². The van der Waals surface area contributed by atoms with E-state index in [-0.39, 0.29) is 17.9 Å². The summed E-state index contributed by atoms with van der Waals surface area (Å²) < 4.78 is 5.24. The van der Waals surface area contributed by atoms with E-state index >= 15 is 0 Å². The van der Waals surface area contributed by atoms with E-state index in [1.165, 1.54) is 23.1 Å². The fraction of sp³-hybridized carbons (Fsp3) is 0.304. The Morgan fingerprint density at radius 3 is 2.21 bits per heavy atom. The van der Waals surface area contributed by atoms with E-state index in [1.54, 1.807) is 7.11 Å². The van der Waals surface area contributed by atoms with E-state index in [0.717, 1.165) is 41.9 Å². The highest BCUT2D eigenvalue weighted by atomic mass is 32.2. The van der Waals surface area contributed by atoms with Crippen LogP contribution in [0.4, 0.5) is 0 Å². The molecule has 144 valence electrons. The number of ether oxygens (including phenoxy) is 1. The lowest BCUT2D eigenvalue weighted by molar-refractivity contribution is -0.139. The molecule has 0 radical (unpaired) electrons. The minimum Gasteiger partial charge on any atom is -0.497 e. The van der Waals surface area contributed by atoms with Gasteiger partial charge in [0, 0.05) is 10.9 Å². The number of hydrogen-bond acceptors (Lipinski definition) is 4. The van der Waals surface area contributed by atoms with E-state index in [9.17, 15) is 9.59 Å². The van der Waals surface area contributed by atoms with E-state index < -0.39 is 0 Å². The van der Waals surface area contributed by atoms with Crippen LogP contribution in [-0.4, -0.2) is 29.9 Å². The molecule has 1 fully saturated rings. The Balaban J connectivity index is 1.74. The van der Waals surface area contributed by atoms with Gasteiger partial charge in [0.25, 0.3) is 11.8 Å². The fourth-order valence-corrected chi connectivity index (χ4v) is 4.93. The number of carbonyl (C=O) groups is 2. The number of imide groups is 1. The van der Waals surface area contributed by atoms with Gasteiger partial charge in [0.15, 0.2) is 0 Å². The molecule has 1 aliphatic carbocycles. The van der Waals surface area contributed by atoms with Crippen molar-refractivity contribution in [1.82, 2.24) is 4.90 Å². The summed E-state index contributed by atoms with van der Waals surface area (Å²) in [5, 5.41) is 0. The summed E-state index contributed by atoms with van der Waals surface area (Å²) in [6.45, 7) is 0. The zero-order chi connectivity index (χ0) is 19.5. The van der Waals surface area contributed by atoms with Crippen LogP contribution in [0.25, 0.3) is 5.57 Å². The molecule has 1 heterocycles. The Labute approximate surface area is 169 Å². The van der Waals surface area contributed by atoms with Crippen LogP contribution in [0, 0.1) is 0 Å². The number of amides is 2. The predicted molar refractivity (Wildman–Crippen MR) is 111 cm³/mol. The van der Waals surface area contributed by atoms with Gasteiger partial charge in [0.2, 0.25) is 0 Å². The quantitative estimate of drug-likeness (QED) is 0.678. The summed E-state index contributed by atoms with van der Waals surface area (Å²) in [7, 11) is 1.61. The zero-order valence-corrected chi connectivity index (χ0v) is 16.7. The van der Waals surface area contributed by atoms with Crippen molar-refractivity contribution in [2.45, 2.75) is 43.0 Å². The van der Waals surface area contributed by atoms with Gasteiger partial charge in [0.05, 0.1) is 17.6 Å². The van der Waals surface area contributed by atoms with Gasteiger partial charge in [-0.15, -0.1) is 0 Å². The van der Waals surface area contributed by atoms with E-state index in [0.29, 0.717) is 10.5 Å². The Morgan fingerprint density at radius 1 is 0.893 bits per heavy atom. The van der Waals surface area contributed by atoms with E-state index in [2.05, 4.69) is 0 Å². The lowest BCUT2D eigenvalue weighted by atomic mass is 9.94. The molecule has 0 N–H and O–H groups in total. The maximum atomic E-state index is 13.4. The highest BCUT2D eigenvalue weighted by Gasteiger charge is 2.43. The average Bonchev–Trinajstić information content (AvgIpc) is 2.99. The number of nitrogens with zero attached hydrogens (tertiary/aromatic N) is 1. The maximum Gasteiger partial charge on any atom is 0.268 e. The monoisotopic (exact) mass is 393 g/mol. The van der Waals surface area contributed by atoms with Gasteiger partial charge in [-0.05, 0) is 42.7 Å². The molecule has 28 heavy (non-hydrogen) atoms. The molecule has 2 aromatic rings. The second-order valence-electron chi connectivity index (χ2n) is 7.12. The normalized spacial score (nSPS) is 18.1. The van der Waals surface area contributed by atoms with E-state index in [1.807, 2.05) is 54.6 Å². The molecule has 0 atom stereocenters. The van der Waals surface area contributed by atoms with Crippen LogP contribution >= 0.6 is 11.8 Å². The standard InChI is InChI=1S/C23H23NO3S/c1-27-18-14-12-16(13-15-18)20-21(28-19-10-6-3-7-11-19)23(26)24(22(20)25)17-8-4-2-5-9-17/h3,6-7,10-15,17H,2,4-5,8-9H2,1H3. The number of rotatable bonds is 5. The highest BCUT2D eigenvalue weighted by Crippen LogP contribution is 2.42. The SMILES string of the molecule is COc1ccc(C2=C(Sc3ccccc3)C(=O)N(C3CCCCC3)C2=O)cc1. The molecular weight excluding hydrogens is 370 g/mol. The smallest absolute Gasteiger partial charge is 0.268 e. The van der Waals surface area contributed by atoms with Crippen LogP contribution in [0.5, 0.6) is 5.75 Å². The molecule has 2 aliphatic rings. The highest BCUT2D eigenvalue weighted by molar-refractivity contribution is 8.04. The molecule has 2 aromatic carbocycles. The zero-order valence-electron chi connectivity index (χ0n) is 15.9. The van der Waals surface area contributed by atoms with Crippen molar-refractivity contribution in [3.8, 4) is 5.75 Å². The summed E-state index contributed by atoms with van der Waals surface area (Å²) >= 11 is 1.38.